The zero-order chi connectivity index (χ0) is 12.5. The molecule has 4 nitrogen and oxygen atoms in total. The van der Waals surface area contributed by atoms with Crippen LogP contribution in [0.15, 0.2) is 24.5 Å². The third-order valence-corrected chi connectivity index (χ3v) is 3.80. The van der Waals surface area contributed by atoms with E-state index in [-0.39, 0.29) is 0 Å². The summed E-state index contributed by atoms with van der Waals surface area (Å²) in [7, 11) is 2.19. The van der Waals surface area contributed by atoms with Crippen molar-refractivity contribution in [2.75, 3.05) is 38.1 Å². The number of hydrogen-bond acceptors (Lipinski definition) is 3. The van der Waals surface area contributed by atoms with Crippen molar-refractivity contribution >= 4 is 16.7 Å². The smallest absolute Gasteiger partial charge is 0.0958 e. The van der Waals surface area contributed by atoms with Crippen LogP contribution in [0.1, 0.15) is 6.92 Å². The molecule has 18 heavy (non-hydrogen) atoms. The topological polar surface area (TPSA) is 24.3 Å². The molecule has 0 bridgehead atoms. The molecule has 4 heteroatoms. The van der Waals surface area contributed by atoms with E-state index in [1.807, 2.05) is 6.33 Å². The van der Waals surface area contributed by atoms with Crippen LogP contribution >= 0.6 is 0 Å². The monoisotopic (exact) mass is 244 g/mol. The fourth-order valence-electron chi connectivity index (χ4n) is 2.65. The largest absolute Gasteiger partial charge is 0.367 e. The Morgan fingerprint density at radius 2 is 1.94 bits per heavy atom. The summed E-state index contributed by atoms with van der Waals surface area (Å²) in [6.07, 6.45) is 1.95. The van der Waals surface area contributed by atoms with E-state index in [0.29, 0.717) is 0 Å². The number of imidazole rings is 1. The lowest BCUT2D eigenvalue weighted by atomic mass is 10.2. The molecule has 0 saturated carbocycles. The molecular formula is C14H20N4. The molecule has 96 valence electrons. The predicted octanol–water partition coefficient (Wildman–Crippen LogP) is 1.81. The predicted molar refractivity (Wildman–Crippen MR) is 75.1 cm³/mol. The summed E-state index contributed by atoms with van der Waals surface area (Å²) < 4.78 is 2.24. The van der Waals surface area contributed by atoms with Gasteiger partial charge in [0.15, 0.2) is 0 Å². The molecular weight excluding hydrogens is 224 g/mol. The molecule has 1 aliphatic rings. The summed E-state index contributed by atoms with van der Waals surface area (Å²) in [6, 6.07) is 6.44. The van der Waals surface area contributed by atoms with Crippen LogP contribution < -0.4 is 4.90 Å². The number of hydrogen-bond donors (Lipinski definition) is 0. The lowest BCUT2D eigenvalue weighted by Crippen LogP contribution is -2.44. The number of piperazine rings is 1. The van der Waals surface area contributed by atoms with Crippen LogP contribution in [0.2, 0.25) is 0 Å². The molecule has 0 amide bonds. The molecule has 1 aromatic carbocycles. The third-order valence-electron chi connectivity index (χ3n) is 3.80. The van der Waals surface area contributed by atoms with E-state index in [1.54, 1.807) is 0 Å². The fourth-order valence-corrected chi connectivity index (χ4v) is 2.65. The van der Waals surface area contributed by atoms with Gasteiger partial charge in [0.25, 0.3) is 0 Å². The number of likely N-dealkylation sites (N-methyl/N-ethyl adjacent to an activating group) is 1. The van der Waals surface area contributed by atoms with Crippen LogP contribution in [-0.4, -0.2) is 47.7 Å². The van der Waals surface area contributed by atoms with E-state index in [2.05, 4.69) is 51.5 Å². The van der Waals surface area contributed by atoms with Crippen molar-refractivity contribution in [3.8, 4) is 0 Å². The van der Waals surface area contributed by atoms with Crippen LogP contribution in [0.5, 0.6) is 0 Å². The summed E-state index contributed by atoms with van der Waals surface area (Å²) in [5.74, 6) is 0. The van der Waals surface area contributed by atoms with Crippen molar-refractivity contribution in [3.63, 3.8) is 0 Å². The highest BCUT2D eigenvalue weighted by molar-refractivity contribution is 5.89. The molecule has 0 spiro atoms. The first-order chi connectivity index (χ1) is 8.79. The van der Waals surface area contributed by atoms with E-state index < -0.39 is 0 Å². The van der Waals surface area contributed by atoms with E-state index in [9.17, 15) is 0 Å². The highest BCUT2D eigenvalue weighted by Gasteiger charge is 2.17. The summed E-state index contributed by atoms with van der Waals surface area (Å²) in [6.45, 7) is 7.62. The first-order valence-electron chi connectivity index (χ1n) is 6.67. The quantitative estimate of drug-likeness (QED) is 0.805. The first kappa shape index (κ1) is 11.5. The van der Waals surface area contributed by atoms with E-state index in [0.717, 1.165) is 38.2 Å². The standard InChI is InChI=1S/C14H20N4/c1-3-17-11-15-12-5-4-6-13(14(12)17)18-9-7-16(2)8-10-18/h4-6,11H,3,7-10H2,1-2H3. The van der Waals surface area contributed by atoms with Gasteiger partial charge in [-0.3, -0.25) is 0 Å². The van der Waals surface area contributed by atoms with Crippen LogP contribution in [0.4, 0.5) is 5.69 Å². The van der Waals surface area contributed by atoms with Gasteiger partial charge in [0.1, 0.15) is 0 Å². The van der Waals surface area contributed by atoms with Crippen molar-refractivity contribution < 1.29 is 0 Å². The maximum absolute atomic E-state index is 4.49. The van der Waals surface area contributed by atoms with Crippen molar-refractivity contribution in [3.05, 3.63) is 24.5 Å². The lowest BCUT2D eigenvalue weighted by Gasteiger charge is -2.34. The second kappa shape index (κ2) is 4.61. The molecule has 1 aromatic heterocycles. The van der Waals surface area contributed by atoms with Gasteiger partial charge in [0, 0.05) is 32.7 Å². The number of benzene rings is 1. The lowest BCUT2D eigenvalue weighted by molar-refractivity contribution is 0.313. The van der Waals surface area contributed by atoms with Gasteiger partial charge in [0.2, 0.25) is 0 Å². The molecule has 1 fully saturated rings. The number of anilines is 1. The summed E-state index contributed by atoms with van der Waals surface area (Å²) in [4.78, 5) is 9.35. The molecule has 2 aromatic rings. The Labute approximate surface area is 108 Å². The second-order valence-electron chi connectivity index (χ2n) is 4.97. The molecule has 1 saturated heterocycles. The van der Waals surface area contributed by atoms with Gasteiger partial charge in [-0.1, -0.05) is 6.07 Å². The number of aryl methyl sites for hydroxylation is 1. The van der Waals surface area contributed by atoms with Crippen molar-refractivity contribution in [1.82, 2.24) is 14.5 Å². The molecule has 0 unspecified atom stereocenters. The minimum atomic E-state index is 0.973. The number of rotatable bonds is 2. The van der Waals surface area contributed by atoms with Crippen molar-refractivity contribution in [2.45, 2.75) is 13.5 Å². The van der Waals surface area contributed by atoms with Gasteiger partial charge in [-0.25, -0.2) is 4.98 Å². The minimum Gasteiger partial charge on any atom is -0.367 e. The van der Waals surface area contributed by atoms with Gasteiger partial charge in [-0.15, -0.1) is 0 Å². The van der Waals surface area contributed by atoms with Crippen molar-refractivity contribution in [1.29, 1.82) is 0 Å². The van der Waals surface area contributed by atoms with Gasteiger partial charge in [-0.2, -0.15) is 0 Å². The molecule has 2 heterocycles. The van der Waals surface area contributed by atoms with Crippen LogP contribution in [0.3, 0.4) is 0 Å². The zero-order valence-corrected chi connectivity index (χ0v) is 11.1. The Kier molecular flexibility index (Phi) is 2.96. The Morgan fingerprint density at radius 3 is 2.67 bits per heavy atom. The summed E-state index contributed by atoms with van der Waals surface area (Å²) in [5.41, 5.74) is 3.72. The Hall–Kier alpha value is -1.55. The first-order valence-corrected chi connectivity index (χ1v) is 6.67. The maximum Gasteiger partial charge on any atom is 0.0958 e. The van der Waals surface area contributed by atoms with Gasteiger partial charge in [0.05, 0.1) is 23.0 Å². The SMILES string of the molecule is CCn1cnc2cccc(N3CCN(C)CC3)c21. The molecule has 1 aliphatic heterocycles. The number of para-hydroxylation sites is 1. The van der Waals surface area contributed by atoms with Crippen LogP contribution in [0, 0.1) is 0 Å². The molecule has 3 rings (SSSR count). The highest BCUT2D eigenvalue weighted by Crippen LogP contribution is 2.27. The number of nitrogens with zero attached hydrogens (tertiary/aromatic N) is 4. The molecule has 0 N–H and O–H groups in total. The number of fused-ring (bicyclic) bond motifs is 1. The second-order valence-corrected chi connectivity index (χ2v) is 4.97. The Balaban J connectivity index is 2.02. The Bertz CT molecular complexity index is 538. The van der Waals surface area contributed by atoms with E-state index >= 15 is 0 Å². The molecule has 0 radical (unpaired) electrons. The maximum atomic E-state index is 4.49. The van der Waals surface area contributed by atoms with Crippen LogP contribution in [-0.2, 0) is 6.54 Å². The fraction of sp³-hybridized carbons (Fsp3) is 0.500. The number of aromatic nitrogens is 2. The van der Waals surface area contributed by atoms with Gasteiger partial charge < -0.3 is 14.4 Å². The average molecular weight is 244 g/mol. The third kappa shape index (κ3) is 1.86. The van der Waals surface area contributed by atoms with Gasteiger partial charge >= 0.3 is 0 Å². The minimum absolute atomic E-state index is 0.973. The van der Waals surface area contributed by atoms with E-state index in [4.69, 9.17) is 0 Å². The summed E-state index contributed by atoms with van der Waals surface area (Å²) in [5, 5.41) is 0. The normalized spacial score (nSPS) is 17.6. The van der Waals surface area contributed by atoms with Crippen molar-refractivity contribution in [2.24, 2.45) is 0 Å². The zero-order valence-electron chi connectivity index (χ0n) is 11.1. The van der Waals surface area contributed by atoms with Crippen LogP contribution in [0.25, 0.3) is 11.0 Å². The average Bonchev–Trinajstić information content (AvgIpc) is 2.82. The molecule has 0 atom stereocenters. The highest BCUT2D eigenvalue weighted by atomic mass is 15.3. The van der Waals surface area contributed by atoms with Gasteiger partial charge in [-0.05, 0) is 26.1 Å². The van der Waals surface area contributed by atoms with E-state index in [1.165, 1.54) is 11.2 Å². The summed E-state index contributed by atoms with van der Waals surface area (Å²) >= 11 is 0. The molecule has 0 aliphatic carbocycles. The Morgan fingerprint density at radius 1 is 1.17 bits per heavy atom.